The lowest BCUT2D eigenvalue weighted by atomic mass is 10.2. The molecule has 0 fully saturated rings. The van der Waals surface area contributed by atoms with Crippen LogP contribution >= 0.6 is 11.6 Å². The molecule has 0 aliphatic rings. The third kappa shape index (κ3) is 5.30. The zero-order valence-electron chi connectivity index (χ0n) is 15.5. The molecule has 0 saturated carbocycles. The standard InChI is InChI=1S/C22H16ClN3O4/c23-17-12-10-15(14-20(17)26(29)30)11-13-21(27)24-18-8-4-5-9-19(18)25-22(28)16-6-2-1-3-7-16/h1-14H,(H,24,27)(H,25,28). The summed E-state index contributed by atoms with van der Waals surface area (Å²) in [6.45, 7) is 0. The molecule has 0 aliphatic carbocycles. The lowest BCUT2D eigenvalue weighted by molar-refractivity contribution is -0.384. The first-order valence-electron chi connectivity index (χ1n) is 8.82. The van der Waals surface area contributed by atoms with Gasteiger partial charge in [0, 0.05) is 17.7 Å². The highest BCUT2D eigenvalue weighted by Gasteiger charge is 2.12. The number of carbonyl (C=O) groups is 2. The monoisotopic (exact) mass is 421 g/mol. The van der Waals surface area contributed by atoms with E-state index >= 15 is 0 Å². The third-order valence-electron chi connectivity index (χ3n) is 4.06. The van der Waals surface area contributed by atoms with Gasteiger partial charge in [0.2, 0.25) is 5.91 Å². The largest absolute Gasteiger partial charge is 0.321 e. The molecule has 3 aromatic rings. The maximum atomic E-state index is 12.4. The molecule has 0 aliphatic heterocycles. The molecule has 150 valence electrons. The molecule has 0 radical (unpaired) electrons. The van der Waals surface area contributed by atoms with Gasteiger partial charge in [0.1, 0.15) is 5.02 Å². The minimum Gasteiger partial charge on any atom is -0.321 e. The predicted octanol–water partition coefficient (Wildman–Crippen LogP) is 5.15. The number of nitro benzene ring substituents is 1. The van der Waals surface area contributed by atoms with Crippen LogP contribution in [0.2, 0.25) is 5.02 Å². The molecule has 8 heteroatoms. The van der Waals surface area contributed by atoms with Crippen LogP contribution in [0.1, 0.15) is 15.9 Å². The van der Waals surface area contributed by atoms with E-state index in [1.807, 2.05) is 6.07 Å². The second-order valence-electron chi connectivity index (χ2n) is 6.16. The van der Waals surface area contributed by atoms with Crippen LogP contribution in [0.25, 0.3) is 6.08 Å². The lowest BCUT2D eigenvalue weighted by Gasteiger charge is -2.11. The molecule has 0 atom stereocenters. The van der Waals surface area contributed by atoms with Gasteiger partial charge in [0.15, 0.2) is 0 Å². The number of amides is 2. The van der Waals surface area contributed by atoms with Gasteiger partial charge in [-0.3, -0.25) is 19.7 Å². The normalized spacial score (nSPS) is 10.6. The van der Waals surface area contributed by atoms with Crippen molar-refractivity contribution >= 4 is 46.6 Å². The smallest absolute Gasteiger partial charge is 0.288 e. The fourth-order valence-electron chi connectivity index (χ4n) is 2.60. The van der Waals surface area contributed by atoms with Crippen LogP contribution in [0.4, 0.5) is 17.1 Å². The molecule has 0 bridgehead atoms. The van der Waals surface area contributed by atoms with Gasteiger partial charge in [0.05, 0.1) is 16.3 Å². The Kier molecular flexibility index (Phi) is 6.56. The van der Waals surface area contributed by atoms with Crippen LogP contribution < -0.4 is 10.6 Å². The van der Waals surface area contributed by atoms with E-state index in [4.69, 9.17) is 11.6 Å². The molecular weight excluding hydrogens is 406 g/mol. The van der Waals surface area contributed by atoms with Crippen molar-refractivity contribution in [2.45, 2.75) is 0 Å². The van der Waals surface area contributed by atoms with Gasteiger partial charge < -0.3 is 10.6 Å². The van der Waals surface area contributed by atoms with E-state index in [1.54, 1.807) is 54.6 Å². The molecule has 7 nitrogen and oxygen atoms in total. The molecule has 2 N–H and O–H groups in total. The summed E-state index contributed by atoms with van der Waals surface area (Å²) < 4.78 is 0. The molecular formula is C22H16ClN3O4. The predicted molar refractivity (Wildman–Crippen MR) is 117 cm³/mol. The van der Waals surface area contributed by atoms with Gasteiger partial charge >= 0.3 is 0 Å². The van der Waals surface area contributed by atoms with E-state index in [-0.39, 0.29) is 16.6 Å². The maximum absolute atomic E-state index is 12.4. The van der Waals surface area contributed by atoms with Crippen molar-refractivity contribution in [3.8, 4) is 0 Å². The van der Waals surface area contributed by atoms with Crippen LogP contribution in [0.15, 0.2) is 78.9 Å². The van der Waals surface area contributed by atoms with Crippen molar-refractivity contribution < 1.29 is 14.5 Å². The van der Waals surface area contributed by atoms with E-state index in [1.165, 1.54) is 24.3 Å². The summed E-state index contributed by atoms with van der Waals surface area (Å²) >= 11 is 5.78. The summed E-state index contributed by atoms with van der Waals surface area (Å²) in [6.07, 6.45) is 2.67. The van der Waals surface area contributed by atoms with E-state index in [0.717, 1.165) is 0 Å². The van der Waals surface area contributed by atoms with Crippen LogP contribution in [-0.2, 0) is 4.79 Å². The second kappa shape index (κ2) is 9.49. The minimum atomic E-state index is -0.592. The number of rotatable bonds is 6. The topological polar surface area (TPSA) is 101 Å². The molecule has 0 spiro atoms. The molecule has 3 rings (SSSR count). The number of nitro groups is 1. The highest BCUT2D eigenvalue weighted by molar-refractivity contribution is 6.32. The van der Waals surface area contributed by atoms with Crippen LogP contribution in [0.3, 0.4) is 0 Å². The second-order valence-corrected chi connectivity index (χ2v) is 6.56. The van der Waals surface area contributed by atoms with Crippen molar-refractivity contribution in [1.82, 2.24) is 0 Å². The van der Waals surface area contributed by atoms with Crippen LogP contribution in [-0.4, -0.2) is 16.7 Å². The van der Waals surface area contributed by atoms with Gasteiger partial charge in [-0.15, -0.1) is 0 Å². The summed E-state index contributed by atoms with van der Waals surface area (Å²) in [7, 11) is 0. The molecule has 0 heterocycles. The van der Waals surface area contributed by atoms with Crippen molar-refractivity contribution in [1.29, 1.82) is 0 Å². The Morgan fingerprint density at radius 3 is 2.20 bits per heavy atom. The fraction of sp³-hybridized carbons (Fsp3) is 0. The Morgan fingerprint density at radius 1 is 0.900 bits per heavy atom. The number of para-hydroxylation sites is 2. The van der Waals surface area contributed by atoms with Gasteiger partial charge in [-0.05, 0) is 42.0 Å². The SMILES string of the molecule is O=C(C=Cc1ccc(Cl)c([N+](=O)[O-])c1)Nc1ccccc1NC(=O)c1ccccc1. The number of halogens is 1. The maximum Gasteiger partial charge on any atom is 0.288 e. The van der Waals surface area contributed by atoms with Crippen LogP contribution in [0, 0.1) is 10.1 Å². The van der Waals surface area contributed by atoms with Crippen molar-refractivity contribution in [2.75, 3.05) is 10.6 Å². The number of benzene rings is 3. The lowest BCUT2D eigenvalue weighted by Crippen LogP contribution is -2.15. The number of anilines is 2. The summed E-state index contributed by atoms with van der Waals surface area (Å²) in [4.78, 5) is 35.1. The van der Waals surface area contributed by atoms with Gasteiger partial charge in [0.25, 0.3) is 11.6 Å². The highest BCUT2D eigenvalue weighted by atomic mass is 35.5. The number of hydrogen-bond donors (Lipinski definition) is 2. The Bertz CT molecular complexity index is 1130. The van der Waals surface area contributed by atoms with Crippen molar-refractivity contribution in [3.63, 3.8) is 0 Å². The molecule has 0 aromatic heterocycles. The van der Waals surface area contributed by atoms with Crippen LogP contribution in [0.5, 0.6) is 0 Å². The minimum absolute atomic E-state index is 0.0182. The third-order valence-corrected chi connectivity index (χ3v) is 4.38. The van der Waals surface area contributed by atoms with Gasteiger partial charge in [-0.25, -0.2) is 0 Å². The quantitative estimate of drug-likeness (QED) is 0.326. The number of nitrogens with one attached hydrogen (secondary N) is 2. The summed E-state index contributed by atoms with van der Waals surface area (Å²) in [5.74, 6) is -0.768. The molecule has 3 aromatic carbocycles. The molecule has 0 saturated heterocycles. The summed E-state index contributed by atoms with van der Waals surface area (Å²) in [5.41, 5.74) is 1.55. The van der Waals surface area contributed by atoms with E-state index in [0.29, 0.717) is 22.5 Å². The zero-order chi connectivity index (χ0) is 21.5. The first kappa shape index (κ1) is 20.8. The number of nitrogens with zero attached hydrogens (tertiary/aromatic N) is 1. The van der Waals surface area contributed by atoms with Crippen molar-refractivity contribution in [3.05, 3.63) is 105 Å². The first-order valence-corrected chi connectivity index (χ1v) is 9.20. The Hall–Kier alpha value is -3.97. The van der Waals surface area contributed by atoms with Gasteiger partial charge in [-0.2, -0.15) is 0 Å². The average Bonchev–Trinajstić information content (AvgIpc) is 2.75. The average molecular weight is 422 g/mol. The zero-order valence-corrected chi connectivity index (χ0v) is 16.3. The summed E-state index contributed by atoms with van der Waals surface area (Å²) in [6, 6.07) is 19.7. The highest BCUT2D eigenvalue weighted by Crippen LogP contribution is 2.26. The number of carbonyl (C=O) groups excluding carboxylic acids is 2. The van der Waals surface area contributed by atoms with E-state index < -0.39 is 10.8 Å². The van der Waals surface area contributed by atoms with Crippen molar-refractivity contribution in [2.24, 2.45) is 0 Å². The molecule has 0 unspecified atom stereocenters. The first-order chi connectivity index (χ1) is 14.4. The molecule has 30 heavy (non-hydrogen) atoms. The van der Waals surface area contributed by atoms with E-state index in [9.17, 15) is 19.7 Å². The fourth-order valence-corrected chi connectivity index (χ4v) is 2.79. The number of hydrogen-bond acceptors (Lipinski definition) is 4. The van der Waals surface area contributed by atoms with E-state index in [2.05, 4.69) is 10.6 Å². The van der Waals surface area contributed by atoms with Gasteiger partial charge in [-0.1, -0.05) is 48.0 Å². The Labute approximate surface area is 177 Å². The molecule has 2 amide bonds. The Morgan fingerprint density at radius 2 is 1.53 bits per heavy atom. The summed E-state index contributed by atoms with van der Waals surface area (Å²) in [5, 5.41) is 16.4. The Balaban J connectivity index is 1.72.